The summed E-state index contributed by atoms with van der Waals surface area (Å²) in [5, 5.41) is 20.6. The number of halogens is 6. The second kappa shape index (κ2) is 6.22. The van der Waals surface area contributed by atoms with Gasteiger partial charge in [0.15, 0.2) is 5.69 Å². The summed E-state index contributed by atoms with van der Waals surface area (Å²) in [7, 11) is 0.789. The Kier molecular flexibility index (Phi) is 5.26. The average molecular weight is 320 g/mol. The Morgan fingerprint density at radius 1 is 1.05 bits per heavy atom. The second-order valence-corrected chi connectivity index (χ2v) is 4.56. The van der Waals surface area contributed by atoms with Crippen LogP contribution in [0.1, 0.15) is 23.4 Å². The molecule has 0 atom stereocenters. The summed E-state index contributed by atoms with van der Waals surface area (Å²) in [5.74, 6) is -0.785. The Labute approximate surface area is 116 Å². The van der Waals surface area contributed by atoms with Crippen LogP contribution in [-0.4, -0.2) is 33.2 Å². The third-order valence-corrected chi connectivity index (χ3v) is 3.00. The fraction of sp³-hybridized carbons (Fsp3) is 0.727. The zero-order valence-corrected chi connectivity index (χ0v) is 11.0. The molecule has 0 bridgehead atoms. The van der Waals surface area contributed by atoms with Crippen molar-refractivity contribution in [1.82, 2.24) is 9.78 Å². The van der Waals surface area contributed by atoms with Crippen LogP contribution in [0.5, 0.6) is 0 Å². The van der Waals surface area contributed by atoms with Crippen molar-refractivity contribution in [1.29, 1.82) is 0 Å². The summed E-state index contributed by atoms with van der Waals surface area (Å²) < 4.78 is 77.1. The largest absolute Gasteiger partial charge is 0.435 e. The Bertz CT molecular complexity index is 476. The van der Waals surface area contributed by atoms with Gasteiger partial charge in [-0.1, -0.05) is 0 Å². The highest BCUT2D eigenvalue weighted by Crippen LogP contribution is 2.39. The van der Waals surface area contributed by atoms with Crippen LogP contribution in [0.4, 0.5) is 26.3 Å². The van der Waals surface area contributed by atoms with Crippen molar-refractivity contribution >= 4 is 0 Å². The highest BCUT2D eigenvalue weighted by Gasteiger charge is 2.45. The summed E-state index contributed by atoms with van der Waals surface area (Å²) in [5.41, 5.74) is -4.03. The van der Waals surface area contributed by atoms with Gasteiger partial charge in [0.1, 0.15) is 5.69 Å². The predicted molar refractivity (Wildman–Crippen MR) is 59.2 cm³/mol. The minimum atomic E-state index is -5.01. The van der Waals surface area contributed by atoms with Crippen LogP contribution in [0.3, 0.4) is 0 Å². The zero-order valence-electron chi connectivity index (χ0n) is 11.0. The van der Waals surface area contributed by atoms with E-state index < -0.39 is 54.9 Å². The lowest BCUT2D eigenvalue weighted by Crippen LogP contribution is -2.17. The summed E-state index contributed by atoms with van der Waals surface area (Å²) in [6, 6.07) is 0. The van der Waals surface area contributed by atoms with Gasteiger partial charge >= 0.3 is 12.4 Å². The standard InChI is InChI=1S/C11H14F6N2O2/c1-19-9(11(15,16)17)7(3-2-6(4-20)5-21)8(18-19)10(12,13)14/h6,20-21H,2-5H2,1H3. The molecule has 0 saturated carbocycles. The maximum atomic E-state index is 12.9. The van der Waals surface area contributed by atoms with E-state index in [4.69, 9.17) is 10.2 Å². The van der Waals surface area contributed by atoms with Crippen LogP contribution >= 0.6 is 0 Å². The molecule has 0 saturated heterocycles. The van der Waals surface area contributed by atoms with Crippen molar-refractivity contribution < 1.29 is 36.6 Å². The van der Waals surface area contributed by atoms with Crippen molar-refractivity contribution in [2.24, 2.45) is 13.0 Å². The summed E-state index contributed by atoms with van der Waals surface area (Å²) in [4.78, 5) is 0. The second-order valence-electron chi connectivity index (χ2n) is 4.56. The lowest BCUT2D eigenvalue weighted by atomic mass is 9.98. The van der Waals surface area contributed by atoms with E-state index in [9.17, 15) is 26.3 Å². The molecule has 0 radical (unpaired) electrons. The SMILES string of the molecule is Cn1nc(C(F)(F)F)c(CCC(CO)CO)c1C(F)(F)F. The van der Waals surface area contributed by atoms with E-state index in [0.717, 1.165) is 7.05 Å². The topological polar surface area (TPSA) is 58.3 Å². The lowest BCUT2D eigenvalue weighted by molar-refractivity contribution is -0.145. The predicted octanol–water partition coefficient (Wildman–Crippen LogP) is 1.99. The van der Waals surface area contributed by atoms with Crippen molar-refractivity contribution in [3.05, 3.63) is 17.0 Å². The molecule has 1 rings (SSSR count). The van der Waals surface area contributed by atoms with Crippen LogP contribution in [-0.2, 0) is 25.8 Å². The number of hydrogen-bond acceptors (Lipinski definition) is 3. The first kappa shape index (κ1) is 17.8. The highest BCUT2D eigenvalue weighted by atomic mass is 19.4. The van der Waals surface area contributed by atoms with E-state index in [1.54, 1.807) is 0 Å². The number of nitrogens with zero attached hydrogens (tertiary/aromatic N) is 2. The Hall–Kier alpha value is -1.29. The number of rotatable bonds is 5. The molecule has 0 aliphatic rings. The molecule has 21 heavy (non-hydrogen) atoms. The van der Waals surface area contributed by atoms with Gasteiger partial charge in [-0.2, -0.15) is 31.4 Å². The van der Waals surface area contributed by atoms with Crippen LogP contribution in [0.15, 0.2) is 0 Å². The van der Waals surface area contributed by atoms with Crippen molar-refractivity contribution in [2.45, 2.75) is 25.2 Å². The minimum Gasteiger partial charge on any atom is -0.396 e. The molecule has 1 aromatic heterocycles. The normalized spacial score (nSPS) is 13.2. The van der Waals surface area contributed by atoms with Crippen LogP contribution < -0.4 is 0 Å². The molecule has 1 heterocycles. The molecule has 0 amide bonds. The quantitative estimate of drug-likeness (QED) is 0.816. The van der Waals surface area contributed by atoms with Crippen molar-refractivity contribution in [3.8, 4) is 0 Å². The van der Waals surface area contributed by atoms with Gasteiger partial charge < -0.3 is 10.2 Å². The highest BCUT2D eigenvalue weighted by molar-refractivity contribution is 5.31. The number of alkyl halides is 6. The molecule has 1 aromatic rings. The number of aliphatic hydroxyl groups excluding tert-OH is 2. The van der Waals surface area contributed by atoms with Gasteiger partial charge in [0.2, 0.25) is 0 Å². The molecule has 0 aliphatic heterocycles. The zero-order chi connectivity index (χ0) is 16.4. The van der Waals surface area contributed by atoms with E-state index in [-0.39, 0.29) is 11.1 Å². The van der Waals surface area contributed by atoms with Gasteiger partial charge in [0, 0.05) is 31.7 Å². The number of hydrogen-bond donors (Lipinski definition) is 2. The molecule has 0 spiro atoms. The molecular weight excluding hydrogens is 306 g/mol. The third kappa shape index (κ3) is 4.10. The molecule has 0 aromatic carbocycles. The van der Waals surface area contributed by atoms with Gasteiger partial charge in [0.05, 0.1) is 0 Å². The Morgan fingerprint density at radius 2 is 1.57 bits per heavy atom. The summed E-state index contributed by atoms with van der Waals surface area (Å²) >= 11 is 0. The molecule has 0 aliphatic carbocycles. The Morgan fingerprint density at radius 3 is 1.95 bits per heavy atom. The van der Waals surface area contributed by atoms with Crippen LogP contribution in [0, 0.1) is 5.92 Å². The molecule has 0 fully saturated rings. The molecule has 4 nitrogen and oxygen atoms in total. The minimum absolute atomic E-state index is 0.158. The fourth-order valence-corrected chi connectivity index (χ4v) is 1.98. The van der Waals surface area contributed by atoms with Gasteiger partial charge in [0.25, 0.3) is 0 Å². The van der Waals surface area contributed by atoms with Crippen LogP contribution in [0.2, 0.25) is 0 Å². The maximum absolute atomic E-state index is 12.9. The first-order valence-corrected chi connectivity index (χ1v) is 5.94. The Balaban J connectivity index is 3.25. The molecule has 2 N–H and O–H groups in total. The van der Waals surface area contributed by atoms with E-state index in [1.807, 2.05) is 0 Å². The summed E-state index contributed by atoms with van der Waals surface area (Å²) in [6.07, 6.45) is -10.8. The van der Waals surface area contributed by atoms with E-state index in [1.165, 1.54) is 0 Å². The number of aryl methyl sites for hydroxylation is 1. The van der Waals surface area contributed by atoms with Gasteiger partial charge in [-0.15, -0.1) is 0 Å². The monoisotopic (exact) mass is 320 g/mol. The number of aromatic nitrogens is 2. The molecule has 0 unspecified atom stereocenters. The van der Waals surface area contributed by atoms with E-state index in [0.29, 0.717) is 0 Å². The number of aliphatic hydroxyl groups is 2. The van der Waals surface area contributed by atoms with Gasteiger partial charge in [-0.3, -0.25) is 4.68 Å². The average Bonchev–Trinajstić information content (AvgIpc) is 2.67. The van der Waals surface area contributed by atoms with E-state index in [2.05, 4.69) is 5.10 Å². The lowest BCUT2D eigenvalue weighted by Gasteiger charge is -2.14. The first-order valence-electron chi connectivity index (χ1n) is 5.94. The smallest absolute Gasteiger partial charge is 0.396 e. The summed E-state index contributed by atoms with van der Waals surface area (Å²) in [6.45, 7) is -1.06. The van der Waals surface area contributed by atoms with Crippen LogP contribution in [0.25, 0.3) is 0 Å². The molecule has 122 valence electrons. The van der Waals surface area contributed by atoms with Crippen molar-refractivity contribution in [3.63, 3.8) is 0 Å². The van der Waals surface area contributed by atoms with E-state index >= 15 is 0 Å². The molecular formula is C11H14F6N2O2. The third-order valence-electron chi connectivity index (χ3n) is 3.00. The van der Waals surface area contributed by atoms with Gasteiger partial charge in [-0.25, -0.2) is 0 Å². The van der Waals surface area contributed by atoms with Crippen molar-refractivity contribution in [2.75, 3.05) is 13.2 Å². The fourth-order valence-electron chi connectivity index (χ4n) is 1.98. The first-order chi connectivity index (χ1) is 9.52. The molecule has 10 heteroatoms. The maximum Gasteiger partial charge on any atom is 0.435 e. The van der Waals surface area contributed by atoms with Gasteiger partial charge in [-0.05, 0) is 12.8 Å².